The second-order valence-electron chi connectivity index (χ2n) is 4.86. The molecule has 0 aliphatic heterocycles. The molecule has 1 atom stereocenters. The number of hydrogen-bond donors (Lipinski definition) is 2. The average Bonchev–Trinajstić information content (AvgIpc) is 2.91. The largest absolute Gasteiger partial charge is 0.316 e. The summed E-state index contributed by atoms with van der Waals surface area (Å²) in [4.78, 5) is 4.65. The fourth-order valence-corrected chi connectivity index (χ4v) is 3.67. The van der Waals surface area contributed by atoms with Gasteiger partial charge in [0.2, 0.25) is 10.0 Å². The van der Waals surface area contributed by atoms with Gasteiger partial charge < -0.3 is 5.32 Å². The van der Waals surface area contributed by atoms with Gasteiger partial charge in [-0.2, -0.15) is 0 Å². The standard InChI is InChI=1S/C14H19N3O2S2.ClH/c1-10(15-3)8-16-21(18,19)13-6-4-5-12(7-13)14-17-11(2)9-20-14;/h4-7,9-10,15-16H,8H2,1-3H3;1H. The van der Waals surface area contributed by atoms with Crippen molar-refractivity contribution in [3.8, 4) is 10.6 Å². The van der Waals surface area contributed by atoms with E-state index in [0.29, 0.717) is 6.54 Å². The Morgan fingerprint density at radius 1 is 1.36 bits per heavy atom. The predicted molar refractivity (Wildman–Crippen MR) is 93.2 cm³/mol. The third-order valence-corrected chi connectivity index (χ3v) is 5.51. The summed E-state index contributed by atoms with van der Waals surface area (Å²) in [5, 5.41) is 5.77. The van der Waals surface area contributed by atoms with Crippen molar-refractivity contribution in [3.63, 3.8) is 0 Å². The van der Waals surface area contributed by atoms with Gasteiger partial charge in [-0.05, 0) is 33.0 Å². The van der Waals surface area contributed by atoms with Crippen LogP contribution in [0.3, 0.4) is 0 Å². The van der Waals surface area contributed by atoms with Gasteiger partial charge in [-0.15, -0.1) is 23.7 Å². The minimum atomic E-state index is -3.50. The summed E-state index contributed by atoms with van der Waals surface area (Å²) in [5.74, 6) is 0. The van der Waals surface area contributed by atoms with Gasteiger partial charge in [0.25, 0.3) is 0 Å². The molecule has 1 heterocycles. The predicted octanol–water partition coefficient (Wildman–Crippen LogP) is 2.43. The Bertz CT molecular complexity index is 716. The molecule has 0 aliphatic carbocycles. The molecule has 2 rings (SSSR count). The van der Waals surface area contributed by atoms with Crippen LogP contribution in [0.1, 0.15) is 12.6 Å². The first-order valence-electron chi connectivity index (χ1n) is 6.62. The molecular formula is C14H20ClN3O2S2. The Hall–Kier alpha value is -0.990. The van der Waals surface area contributed by atoms with E-state index in [1.165, 1.54) is 11.3 Å². The highest BCUT2D eigenvalue weighted by Gasteiger charge is 2.16. The number of halogens is 1. The zero-order valence-electron chi connectivity index (χ0n) is 12.7. The SMILES string of the molecule is CNC(C)CNS(=O)(=O)c1cccc(-c2nc(C)cs2)c1.Cl. The Labute approximate surface area is 141 Å². The second-order valence-corrected chi connectivity index (χ2v) is 7.49. The minimum Gasteiger partial charge on any atom is -0.316 e. The van der Waals surface area contributed by atoms with Gasteiger partial charge in [0.1, 0.15) is 5.01 Å². The van der Waals surface area contributed by atoms with Crippen molar-refractivity contribution in [3.05, 3.63) is 35.3 Å². The normalized spacial score (nSPS) is 12.7. The molecule has 0 aliphatic rings. The number of sulfonamides is 1. The van der Waals surface area contributed by atoms with Crippen molar-refractivity contribution in [1.29, 1.82) is 0 Å². The van der Waals surface area contributed by atoms with Gasteiger partial charge in [-0.25, -0.2) is 18.1 Å². The van der Waals surface area contributed by atoms with E-state index in [9.17, 15) is 8.42 Å². The number of thiazole rings is 1. The Morgan fingerprint density at radius 3 is 2.68 bits per heavy atom. The number of aromatic nitrogens is 1. The lowest BCUT2D eigenvalue weighted by Gasteiger charge is -2.12. The second kappa shape index (κ2) is 8.03. The smallest absolute Gasteiger partial charge is 0.240 e. The molecule has 0 saturated carbocycles. The quantitative estimate of drug-likeness (QED) is 0.828. The molecular weight excluding hydrogens is 342 g/mol. The summed E-state index contributed by atoms with van der Waals surface area (Å²) in [6.07, 6.45) is 0. The molecule has 1 unspecified atom stereocenters. The Morgan fingerprint density at radius 2 is 2.09 bits per heavy atom. The van der Waals surface area contributed by atoms with Gasteiger partial charge >= 0.3 is 0 Å². The zero-order valence-corrected chi connectivity index (χ0v) is 15.1. The number of nitrogens with zero attached hydrogens (tertiary/aromatic N) is 1. The molecule has 2 N–H and O–H groups in total. The van der Waals surface area contributed by atoms with E-state index >= 15 is 0 Å². The van der Waals surface area contributed by atoms with Crippen LogP contribution in [0.15, 0.2) is 34.5 Å². The summed E-state index contributed by atoms with van der Waals surface area (Å²) in [6, 6.07) is 6.93. The van der Waals surface area contributed by atoms with E-state index in [2.05, 4.69) is 15.0 Å². The molecule has 2 aromatic rings. The molecule has 8 heteroatoms. The maximum Gasteiger partial charge on any atom is 0.240 e. The van der Waals surface area contributed by atoms with Crippen LogP contribution >= 0.6 is 23.7 Å². The number of hydrogen-bond acceptors (Lipinski definition) is 5. The summed E-state index contributed by atoms with van der Waals surface area (Å²) in [5.41, 5.74) is 1.75. The van der Waals surface area contributed by atoms with Crippen molar-refractivity contribution >= 4 is 33.8 Å². The third-order valence-electron chi connectivity index (χ3n) is 3.08. The maximum absolute atomic E-state index is 12.3. The summed E-state index contributed by atoms with van der Waals surface area (Å²) < 4.78 is 27.2. The summed E-state index contributed by atoms with van der Waals surface area (Å²) >= 11 is 1.51. The highest BCUT2D eigenvalue weighted by Crippen LogP contribution is 2.25. The third kappa shape index (κ3) is 4.76. The van der Waals surface area contributed by atoms with Crippen LogP contribution in [0.5, 0.6) is 0 Å². The van der Waals surface area contributed by atoms with Crippen molar-refractivity contribution in [2.45, 2.75) is 24.8 Å². The highest BCUT2D eigenvalue weighted by atomic mass is 35.5. The minimum absolute atomic E-state index is 0. The maximum atomic E-state index is 12.3. The monoisotopic (exact) mass is 361 g/mol. The fourth-order valence-electron chi connectivity index (χ4n) is 1.70. The highest BCUT2D eigenvalue weighted by molar-refractivity contribution is 7.89. The number of likely N-dealkylation sites (N-methyl/N-ethyl adjacent to an activating group) is 1. The van der Waals surface area contributed by atoms with Gasteiger partial charge in [0.15, 0.2) is 0 Å². The van der Waals surface area contributed by atoms with Gasteiger partial charge in [-0.1, -0.05) is 12.1 Å². The van der Waals surface area contributed by atoms with E-state index < -0.39 is 10.0 Å². The molecule has 0 saturated heterocycles. The molecule has 1 aromatic heterocycles. The molecule has 22 heavy (non-hydrogen) atoms. The number of aryl methyl sites for hydroxylation is 1. The number of nitrogens with one attached hydrogen (secondary N) is 2. The molecule has 1 aromatic carbocycles. The van der Waals surface area contributed by atoms with E-state index in [-0.39, 0.29) is 23.3 Å². The molecule has 122 valence electrons. The lowest BCUT2D eigenvalue weighted by molar-refractivity contribution is 0.554. The van der Waals surface area contributed by atoms with Crippen LogP contribution in [0.4, 0.5) is 0 Å². The van der Waals surface area contributed by atoms with E-state index in [4.69, 9.17) is 0 Å². The lowest BCUT2D eigenvalue weighted by Crippen LogP contribution is -2.37. The van der Waals surface area contributed by atoms with E-state index in [1.807, 2.05) is 25.3 Å². The van der Waals surface area contributed by atoms with Crippen LogP contribution in [0, 0.1) is 6.92 Å². The van der Waals surface area contributed by atoms with Gasteiger partial charge in [-0.3, -0.25) is 0 Å². The van der Waals surface area contributed by atoms with Crippen LogP contribution in [0.25, 0.3) is 10.6 Å². The molecule has 5 nitrogen and oxygen atoms in total. The van der Waals surface area contributed by atoms with Crippen LogP contribution in [-0.2, 0) is 10.0 Å². The fraction of sp³-hybridized carbons (Fsp3) is 0.357. The first kappa shape index (κ1) is 19.1. The van der Waals surface area contributed by atoms with Gasteiger partial charge in [0, 0.05) is 29.2 Å². The van der Waals surface area contributed by atoms with Crippen molar-refractivity contribution in [2.75, 3.05) is 13.6 Å². The Balaban J connectivity index is 0.00000242. The average molecular weight is 362 g/mol. The molecule has 0 spiro atoms. The molecule has 0 radical (unpaired) electrons. The number of benzene rings is 1. The summed E-state index contributed by atoms with van der Waals surface area (Å²) in [6.45, 7) is 4.18. The van der Waals surface area contributed by atoms with Crippen LogP contribution in [-0.4, -0.2) is 33.0 Å². The molecule has 0 bridgehead atoms. The van der Waals surface area contributed by atoms with Gasteiger partial charge in [0.05, 0.1) is 4.90 Å². The first-order chi connectivity index (χ1) is 9.92. The first-order valence-corrected chi connectivity index (χ1v) is 8.98. The van der Waals surface area contributed by atoms with E-state index in [1.54, 1.807) is 25.2 Å². The van der Waals surface area contributed by atoms with Crippen molar-refractivity contribution in [2.24, 2.45) is 0 Å². The van der Waals surface area contributed by atoms with Crippen LogP contribution < -0.4 is 10.0 Å². The van der Waals surface area contributed by atoms with E-state index in [0.717, 1.165) is 16.3 Å². The van der Waals surface area contributed by atoms with Crippen LogP contribution in [0.2, 0.25) is 0 Å². The van der Waals surface area contributed by atoms with Crippen molar-refractivity contribution < 1.29 is 8.42 Å². The van der Waals surface area contributed by atoms with Crippen molar-refractivity contribution in [1.82, 2.24) is 15.0 Å². The number of rotatable bonds is 6. The Kier molecular flexibility index (Phi) is 6.96. The zero-order chi connectivity index (χ0) is 15.5. The topological polar surface area (TPSA) is 71.1 Å². The lowest BCUT2D eigenvalue weighted by atomic mass is 10.2. The summed E-state index contributed by atoms with van der Waals surface area (Å²) in [7, 11) is -1.71. The molecule has 0 amide bonds. The molecule has 0 fully saturated rings.